The van der Waals surface area contributed by atoms with Gasteiger partial charge >= 0.3 is 0 Å². The second-order valence-corrected chi connectivity index (χ2v) is 6.98. The highest BCUT2D eigenvalue weighted by Crippen LogP contribution is 2.50. The van der Waals surface area contributed by atoms with Crippen molar-refractivity contribution in [2.75, 3.05) is 0 Å². The fourth-order valence-electron chi connectivity index (χ4n) is 3.74. The Morgan fingerprint density at radius 1 is 0.593 bits per heavy atom. The minimum absolute atomic E-state index is 0.305. The third-order valence-electron chi connectivity index (χ3n) is 4.99. The number of fused-ring (bicyclic) bond motifs is 2. The molecule has 0 spiro atoms. The number of rotatable bonds is 1. The van der Waals surface area contributed by atoms with Gasteiger partial charge in [-0.2, -0.15) is 0 Å². The van der Waals surface area contributed by atoms with Crippen LogP contribution in [0.15, 0.2) is 48.5 Å². The molecule has 4 rings (SSSR count). The van der Waals surface area contributed by atoms with Crippen LogP contribution >= 0.6 is 11.6 Å². The van der Waals surface area contributed by atoms with E-state index in [-0.39, 0.29) is 0 Å². The lowest BCUT2D eigenvalue weighted by Crippen LogP contribution is -2.28. The van der Waals surface area contributed by atoms with E-state index in [4.69, 9.17) is 11.6 Å². The van der Waals surface area contributed by atoms with Crippen LogP contribution in [0.2, 0.25) is 0 Å². The maximum Gasteiger partial charge on any atom is 0.200 e. The van der Waals surface area contributed by atoms with Crippen LogP contribution in [0.4, 0.5) is 22.0 Å². The fourth-order valence-corrected chi connectivity index (χ4v) is 4.27. The second kappa shape index (κ2) is 6.34. The zero-order valence-electron chi connectivity index (χ0n) is 13.8. The lowest BCUT2D eigenvalue weighted by atomic mass is 9.81. The first kappa shape index (κ1) is 18.0. The lowest BCUT2D eigenvalue weighted by Gasteiger charge is -2.31. The molecule has 0 radical (unpaired) electrons. The van der Waals surface area contributed by atoms with Crippen LogP contribution in [-0.4, -0.2) is 0 Å². The summed E-state index contributed by atoms with van der Waals surface area (Å²) >= 11 is 6.84. The Morgan fingerprint density at radius 3 is 1.41 bits per heavy atom. The first-order valence-electron chi connectivity index (χ1n) is 8.25. The zero-order chi connectivity index (χ0) is 19.3. The topological polar surface area (TPSA) is 0 Å². The van der Waals surface area contributed by atoms with Crippen LogP contribution in [0.5, 0.6) is 0 Å². The van der Waals surface area contributed by atoms with Gasteiger partial charge in [-0.3, -0.25) is 0 Å². The summed E-state index contributed by atoms with van der Waals surface area (Å²) in [6.45, 7) is 0. The van der Waals surface area contributed by atoms with Crippen LogP contribution in [-0.2, 0) is 17.7 Å². The van der Waals surface area contributed by atoms with Crippen molar-refractivity contribution in [3.8, 4) is 0 Å². The molecule has 27 heavy (non-hydrogen) atoms. The third-order valence-corrected chi connectivity index (χ3v) is 5.59. The molecule has 0 unspecified atom stereocenters. The normalized spacial score (nSPS) is 15.0. The van der Waals surface area contributed by atoms with Gasteiger partial charge in [-0.1, -0.05) is 48.5 Å². The van der Waals surface area contributed by atoms with E-state index in [0.29, 0.717) is 35.1 Å². The highest BCUT2D eigenvalue weighted by Gasteiger charge is 2.45. The average molecular weight is 395 g/mol. The highest BCUT2D eigenvalue weighted by atomic mass is 35.5. The summed E-state index contributed by atoms with van der Waals surface area (Å²) in [6, 6.07) is 13.3. The van der Waals surface area contributed by atoms with Crippen LogP contribution in [0.25, 0.3) is 0 Å². The van der Waals surface area contributed by atoms with Gasteiger partial charge in [0, 0.05) is 0 Å². The van der Waals surface area contributed by atoms with Crippen LogP contribution in [0.3, 0.4) is 0 Å². The largest absolute Gasteiger partial charge is 0.203 e. The smallest absolute Gasteiger partial charge is 0.200 e. The minimum Gasteiger partial charge on any atom is -0.203 e. The number of aryl methyl sites for hydroxylation is 2. The van der Waals surface area contributed by atoms with Crippen molar-refractivity contribution >= 4 is 11.6 Å². The standard InChI is InChI=1S/C21H12ClF5/c22-21(15-16(23)18(25)20(27)19(26)17(15)24)13-7-3-1-5-11(13)9-10-12-6-2-4-8-14(12)21/h1-8H,9-10H2. The van der Waals surface area contributed by atoms with Crippen molar-refractivity contribution in [1.82, 2.24) is 0 Å². The molecular formula is C21H12ClF5. The predicted octanol–water partition coefficient (Wildman–Crippen LogP) is 6.01. The quantitative estimate of drug-likeness (QED) is 0.205. The minimum atomic E-state index is -2.20. The summed E-state index contributed by atoms with van der Waals surface area (Å²) in [4.78, 5) is -2.05. The van der Waals surface area contributed by atoms with E-state index in [0.717, 1.165) is 0 Å². The number of halogens is 6. The second-order valence-electron chi connectivity index (χ2n) is 6.42. The van der Waals surface area contributed by atoms with Gasteiger partial charge in [-0.15, -0.1) is 11.6 Å². The Morgan fingerprint density at radius 2 is 0.963 bits per heavy atom. The number of alkyl halides is 1. The number of hydrogen-bond acceptors (Lipinski definition) is 0. The first-order chi connectivity index (χ1) is 12.9. The maximum absolute atomic E-state index is 14.7. The molecule has 0 aliphatic heterocycles. The van der Waals surface area contributed by atoms with E-state index in [2.05, 4.69) is 0 Å². The summed E-state index contributed by atoms with van der Waals surface area (Å²) < 4.78 is 71.0. The molecule has 0 saturated carbocycles. The van der Waals surface area contributed by atoms with Gasteiger partial charge in [0.05, 0.1) is 5.56 Å². The fraction of sp³-hybridized carbons (Fsp3) is 0.143. The van der Waals surface area contributed by atoms with E-state index in [9.17, 15) is 22.0 Å². The Bertz CT molecular complexity index is 984. The molecule has 0 saturated heterocycles. The van der Waals surface area contributed by atoms with E-state index in [1.807, 2.05) is 0 Å². The van der Waals surface area contributed by atoms with Gasteiger partial charge in [-0.25, -0.2) is 22.0 Å². The van der Waals surface area contributed by atoms with Crippen molar-refractivity contribution in [2.45, 2.75) is 17.7 Å². The summed E-state index contributed by atoms with van der Waals surface area (Å²) in [5, 5.41) is 0. The first-order valence-corrected chi connectivity index (χ1v) is 8.62. The zero-order valence-corrected chi connectivity index (χ0v) is 14.6. The molecule has 0 N–H and O–H groups in total. The van der Waals surface area contributed by atoms with Gasteiger partial charge in [0.15, 0.2) is 23.3 Å². The van der Waals surface area contributed by atoms with E-state index in [1.165, 1.54) is 0 Å². The molecule has 0 nitrogen and oxygen atoms in total. The molecule has 0 bridgehead atoms. The van der Waals surface area contributed by atoms with Crippen molar-refractivity contribution < 1.29 is 22.0 Å². The molecule has 6 heteroatoms. The summed E-state index contributed by atoms with van der Waals surface area (Å²) in [5.74, 6) is -10.1. The average Bonchev–Trinajstić information content (AvgIpc) is 2.81. The number of hydrogen-bond donors (Lipinski definition) is 0. The van der Waals surface area contributed by atoms with Crippen molar-refractivity contribution in [3.05, 3.63) is 105 Å². The summed E-state index contributed by atoms with van der Waals surface area (Å²) in [7, 11) is 0. The molecule has 0 fully saturated rings. The predicted molar refractivity (Wildman–Crippen MR) is 92.3 cm³/mol. The van der Waals surface area contributed by atoms with Crippen LogP contribution in [0, 0.1) is 29.1 Å². The van der Waals surface area contributed by atoms with Gasteiger partial charge < -0.3 is 0 Å². The Hall–Kier alpha value is -2.40. The monoisotopic (exact) mass is 394 g/mol. The molecule has 3 aromatic carbocycles. The SMILES string of the molecule is Fc1c(F)c(F)c(C2(Cl)c3ccccc3CCc3ccccc32)c(F)c1F. The van der Waals surface area contributed by atoms with Gasteiger partial charge in [-0.05, 0) is 35.1 Å². The molecule has 0 heterocycles. The molecule has 1 aliphatic carbocycles. The van der Waals surface area contributed by atoms with E-state index < -0.39 is 39.5 Å². The number of benzene rings is 3. The van der Waals surface area contributed by atoms with E-state index in [1.54, 1.807) is 48.5 Å². The van der Waals surface area contributed by atoms with Gasteiger partial charge in [0.1, 0.15) is 4.87 Å². The van der Waals surface area contributed by atoms with Gasteiger partial charge in [0.2, 0.25) is 5.82 Å². The van der Waals surface area contributed by atoms with Gasteiger partial charge in [0.25, 0.3) is 0 Å². The Kier molecular flexibility index (Phi) is 4.22. The molecule has 1 aliphatic rings. The van der Waals surface area contributed by atoms with Crippen LogP contribution in [0.1, 0.15) is 27.8 Å². The van der Waals surface area contributed by atoms with Crippen molar-refractivity contribution in [3.63, 3.8) is 0 Å². The third kappa shape index (κ3) is 2.48. The van der Waals surface area contributed by atoms with Crippen molar-refractivity contribution in [2.24, 2.45) is 0 Å². The highest BCUT2D eigenvalue weighted by molar-refractivity contribution is 6.28. The molecule has 0 amide bonds. The Labute approximate surface area is 157 Å². The van der Waals surface area contributed by atoms with E-state index >= 15 is 0 Å². The molecule has 0 aromatic heterocycles. The summed E-state index contributed by atoms with van der Waals surface area (Å²) in [6.07, 6.45) is 1.05. The van der Waals surface area contributed by atoms with Crippen LogP contribution < -0.4 is 0 Å². The molecular weight excluding hydrogens is 383 g/mol. The lowest BCUT2D eigenvalue weighted by molar-refractivity contribution is 0.366. The Balaban J connectivity index is 2.18. The molecule has 138 valence electrons. The molecule has 0 atom stereocenters. The maximum atomic E-state index is 14.7. The summed E-state index contributed by atoms with van der Waals surface area (Å²) in [5.41, 5.74) is 0.933. The van der Waals surface area contributed by atoms with Crippen molar-refractivity contribution in [1.29, 1.82) is 0 Å². The molecule has 3 aromatic rings.